The molecule has 2 heterocycles. The van der Waals surface area contributed by atoms with Crippen LogP contribution in [0, 0.1) is 0 Å². The lowest BCUT2D eigenvalue weighted by atomic mass is 10.1. The van der Waals surface area contributed by atoms with Gasteiger partial charge in [0.2, 0.25) is 5.91 Å². The Morgan fingerprint density at radius 2 is 2.25 bits per heavy atom. The van der Waals surface area contributed by atoms with Gasteiger partial charge in [0, 0.05) is 23.7 Å². The van der Waals surface area contributed by atoms with Gasteiger partial charge >= 0.3 is 0 Å². The number of hydrogen-bond donors (Lipinski definition) is 1. The Kier molecular flexibility index (Phi) is 3.56. The summed E-state index contributed by atoms with van der Waals surface area (Å²) in [5.41, 5.74) is 2.36. The maximum atomic E-state index is 10.9. The summed E-state index contributed by atoms with van der Waals surface area (Å²) < 4.78 is 6.71. The van der Waals surface area contributed by atoms with E-state index in [1.165, 1.54) is 15.6 Å². The van der Waals surface area contributed by atoms with Crippen LogP contribution in [0.25, 0.3) is 21.4 Å². The highest BCUT2D eigenvalue weighted by Gasteiger charge is 2.07. The molecule has 0 aliphatic carbocycles. The van der Waals surface area contributed by atoms with E-state index in [0.717, 1.165) is 17.7 Å². The molecule has 0 spiro atoms. The fourth-order valence-electron chi connectivity index (χ4n) is 2.24. The lowest BCUT2D eigenvalue weighted by Gasteiger charge is -2.03. The van der Waals surface area contributed by atoms with Crippen molar-refractivity contribution in [3.05, 3.63) is 47.5 Å². The minimum Gasteiger partial charge on any atom is -0.464 e. The summed E-state index contributed by atoms with van der Waals surface area (Å²) in [5, 5.41) is 6.25. The molecule has 0 bridgehead atoms. The molecule has 3 aromatic rings. The third-order valence-electron chi connectivity index (χ3n) is 3.23. The second kappa shape index (κ2) is 5.51. The van der Waals surface area contributed by atoms with Crippen LogP contribution in [0.3, 0.4) is 0 Å². The van der Waals surface area contributed by atoms with E-state index in [-0.39, 0.29) is 5.91 Å². The molecule has 3 nitrogen and oxygen atoms in total. The number of fused-ring (bicyclic) bond motifs is 1. The van der Waals surface area contributed by atoms with Crippen LogP contribution in [0.5, 0.6) is 0 Å². The van der Waals surface area contributed by atoms with E-state index >= 15 is 0 Å². The fraction of sp³-hybridized carbons (Fsp3) is 0.188. The summed E-state index contributed by atoms with van der Waals surface area (Å²) in [6.45, 7) is 2.22. The van der Waals surface area contributed by atoms with Gasteiger partial charge in [-0.15, -0.1) is 11.3 Å². The molecule has 1 aromatic carbocycles. The largest absolute Gasteiger partial charge is 0.464 e. The van der Waals surface area contributed by atoms with E-state index in [2.05, 4.69) is 28.9 Å². The lowest BCUT2D eigenvalue weighted by molar-refractivity contribution is -0.118. The average molecular weight is 285 g/mol. The Labute approximate surface area is 121 Å². The second-order valence-corrected chi connectivity index (χ2v) is 5.59. The molecule has 102 valence electrons. The number of carbonyl (C=O) groups excluding carboxylic acids is 1. The summed E-state index contributed by atoms with van der Waals surface area (Å²) in [6.07, 6.45) is 2.53. The molecule has 4 heteroatoms. The zero-order valence-electron chi connectivity index (χ0n) is 11.2. The highest BCUT2D eigenvalue weighted by molar-refractivity contribution is 7.17. The number of carbonyl (C=O) groups is 1. The van der Waals surface area contributed by atoms with E-state index in [1.54, 1.807) is 24.5 Å². The minimum absolute atomic E-state index is 0.0146. The van der Waals surface area contributed by atoms with Crippen molar-refractivity contribution in [2.24, 2.45) is 0 Å². The minimum atomic E-state index is 0.0146. The molecule has 0 unspecified atom stereocenters. The van der Waals surface area contributed by atoms with Gasteiger partial charge in [0.15, 0.2) is 0 Å². The Bertz CT molecular complexity index is 728. The molecule has 0 saturated heterocycles. The van der Waals surface area contributed by atoms with Crippen molar-refractivity contribution < 1.29 is 9.21 Å². The number of thiophene rings is 1. The molecule has 3 rings (SSSR count). The number of rotatable bonds is 4. The van der Waals surface area contributed by atoms with Crippen molar-refractivity contribution in [1.82, 2.24) is 5.32 Å². The Morgan fingerprint density at radius 1 is 1.35 bits per heavy atom. The van der Waals surface area contributed by atoms with Crippen molar-refractivity contribution in [2.75, 3.05) is 6.54 Å². The second-order valence-electron chi connectivity index (χ2n) is 4.68. The molecule has 0 radical (unpaired) electrons. The van der Waals surface area contributed by atoms with E-state index in [0.29, 0.717) is 6.54 Å². The van der Waals surface area contributed by atoms with E-state index in [1.807, 2.05) is 12.1 Å². The molecule has 1 amide bonds. The summed E-state index contributed by atoms with van der Waals surface area (Å²) in [5.74, 6) is 0.895. The highest BCUT2D eigenvalue weighted by Crippen LogP contribution is 2.31. The molecule has 1 N–H and O–H groups in total. The summed E-state index contributed by atoms with van der Waals surface area (Å²) >= 11 is 1.74. The Balaban J connectivity index is 1.89. The van der Waals surface area contributed by atoms with Crippen molar-refractivity contribution in [3.63, 3.8) is 0 Å². The number of hydrogen-bond acceptors (Lipinski definition) is 3. The predicted octanol–water partition coefficient (Wildman–Crippen LogP) is 3.84. The van der Waals surface area contributed by atoms with Crippen LogP contribution in [0.15, 0.2) is 46.4 Å². The Hall–Kier alpha value is -2.07. The van der Waals surface area contributed by atoms with Crippen molar-refractivity contribution in [1.29, 1.82) is 0 Å². The first-order chi connectivity index (χ1) is 9.74. The van der Waals surface area contributed by atoms with Crippen LogP contribution in [-0.2, 0) is 11.2 Å². The smallest absolute Gasteiger partial charge is 0.216 e. The maximum Gasteiger partial charge on any atom is 0.216 e. The van der Waals surface area contributed by atoms with Gasteiger partial charge in [-0.3, -0.25) is 4.79 Å². The van der Waals surface area contributed by atoms with E-state index in [4.69, 9.17) is 4.42 Å². The molecular formula is C16H15NO2S. The number of nitrogens with one attached hydrogen (secondary N) is 1. The first-order valence-corrected chi connectivity index (χ1v) is 7.40. The number of furan rings is 1. The van der Waals surface area contributed by atoms with Gasteiger partial charge in [-0.2, -0.15) is 0 Å². The quantitative estimate of drug-likeness (QED) is 0.791. The SMILES string of the molecule is CC(=O)NCCc1csc2ccc(-c3ccco3)cc12. The van der Waals surface area contributed by atoms with Gasteiger partial charge in [-0.1, -0.05) is 0 Å². The normalized spacial score (nSPS) is 10.8. The van der Waals surface area contributed by atoms with Crippen molar-refractivity contribution in [2.45, 2.75) is 13.3 Å². The third kappa shape index (κ3) is 2.60. The van der Waals surface area contributed by atoms with Crippen LogP contribution < -0.4 is 5.32 Å². The monoisotopic (exact) mass is 285 g/mol. The number of benzene rings is 1. The van der Waals surface area contributed by atoms with Gasteiger partial charge in [0.05, 0.1) is 6.26 Å². The highest BCUT2D eigenvalue weighted by atomic mass is 32.1. The van der Waals surface area contributed by atoms with Crippen LogP contribution >= 0.6 is 11.3 Å². The zero-order chi connectivity index (χ0) is 13.9. The van der Waals surface area contributed by atoms with Crippen molar-refractivity contribution in [3.8, 4) is 11.3 Å². The molecule has 0 fully saturated rings. The first kappa shape index (κ1) is 12.9. The Morgan fingerprint density at radius 3 is 3.00 bits per heavy atom. The first-order valence-electron chi connectivity index (χ1n) is 6.52. The van der Waals surface area contributed by atoms with Gasteiger partial charge in [-0.25, -0.2) is 0 Å². The summed E-state index contributed by atoms with van der Waals surface area (Å²) in [6, 6.07) is 10.2. The maximum absolute atomic E-state index is 10.9. The van der Waals surface area contributed by atoms with Crippen LogP contribution in [0.4, 0.5) is 0 Å². The van der Waals surface area contributed by atoms with E-state index < -0.39 is 0 Å². The fourth-order valence-corrected chi connectivity index (χ4v) is 3.22. The van der Waals surface area contributed by atoms with Crippen molar-refractivity contribution >= 4 is 27.3 Å². The molecular weight excluding hydrogens is 270 g/mol. The molecule has 2 aromatic heterocycles. The predicted molar refractivity (Wildman–Crippen MR) is 81.9 cm³/mol. The van der Waals surface area contributed by atoms with Gasteiger partial charge < -0.3 is 9.73 Å². The standard InChI is InChI=1S/C16H15NO2S/c1-11(18)17-7-6-13-10-20-16-5-4-12(9-14(13)16)15-3-2-8-19-15/h2-5,8-10H,6-7H2,1H3,(H,17,18). The van der Waals surface area contributed by atoms with Gasteiger partial charge in [0.1, 0.15) is 5.76 Å². The van der Waals surface area contributed by atoms with Crippen LogP contribution in [0.1, 0.15) is 12.5 Å². The molecule has 0 aliphatic heterocycles. The third-order valence-corrected chi connectivity index (χ3v) is 4.24. The number of amides is 1. The molecule has 20 heavy (non-hydrogen) atoms. The van der Waals surface area contributed by atoms with Gasteiger partial charge in [0.25, 0.3) is 0 Å². The lowest BCUT2D eigenvalue weighted by Crippen LogP contribution is -2.22. The summed E-state index contributed by atoms with van der Waals surface area (Å²) in [4.78, 5) is 10.9. The average Bonchev–Trinajstić information content (AvgIpc) is 3.07. The van der Waals surface area contributed by atoms with Crippen LogP contribution in [-0.4, -0.2) is 12.5 Å². The molecule has 0 saturated carbocycles. The van der Waals surface area contributed by atoms with Gasteiger partial charge in [-0.05, 0) is 53.1 Å². The van der Waals surface area contributed by atoms with E-state index in [9.17, 15) is 4.79 Å². The molecule has 0 atom stereocenters. The molecule has 0 aliphatic rings. The zero-order valence-corrected chi connectivity index (χ0v) is 12.0. The van der Waals surface area contributed by atoms with Crippen LogP contribution in [0.2, 0.25) is 0 Å². The topological polar surface area (TPSA) is 42.2 Å². The summed E-state index contributed by atoms with van der Waals surface area (Å²) in [7, 11) is 0.